The minimum atomic E-state index is -1.59. The molecule has 0 saturated carbocycles. The molecule has 0 unspecified atom stereocenters. The van der Waals surface area contributed by atoms with E-state index in [-0.39, 0.29) is 0 Å². The maximum absolute atomic E-state index is 6.27. The predicted molar refractivity (Wildman–Crippen MR) is 85.6 cm³/mol. The lowest BCUT2D eigenvalue weighted by atomic mass is 10.0. The first-order valence-corrected chi connectivity index (χ1v) is 10.4. The van der Waals surface area contributed by atoms with Gasteiger partial charge in [-0.05, 0) is 30.5 Å². The normalized spacial score (nSPS) is 14.6. The van der Waals surface area contributed by atoms with Crippen molar-refractivity contribution in [1.82, 2.24) is 0 Å². The Morgan fingerprint density at radius 1 is 1.17 bits per heavy atom. The highest BCUT2D eigenvalue weighted by atomic mass is 28.4. The lowest BCUT2D eigenvalue weighted by Crippen LogP contribution is -2.41. The molecule has 18 heavy (non-hydrogen) atoms. The standard InChI is InChI=1S/C16H34OSi/c1-8-10-11-12-13-15(9-2)14-17-18(6,7)16(3,4)5/h9,15H,2,8,10-14H2,1,3-7H3/t15-/m0/s1. The molecule has 0 bridgehead atoms. The summed E-state index contributed by atoms with van der Waals surface area (Å²) in [6.07, 6.45) is 8.63. The first kappa shape index (κ1) is 17.9. The molecule has 1 atom stereocenters. The van der Waals surface area contributed by atoms with E-state index in [0.717, 1.165) is 6.61 Å². The van der Waals surface area contributed by atoms with Crippen molar-refractivity contribution in [3.63, 3.8) is 0 Å². The Bertz CT molecular complexity index is 228. The summed E-state index contributed by atoms with van der Waals surface area (Å²) < 4.78 is 6.27. The summed E-state index contributed by atoms with van der Waals surface area (Å²) in [5, 5.41) is 0.306. The van der Waals surface area contributed by atoms with Gasteiger partial charge >= 0.3 is 0 Å². The van der Waals surface area contributed by atoms with Gasteiger partial charge < -0.3 is 4.43 Å². The molecule has 0 heterocycles. The fourth-order valence-corrected chi connectivity index (χ4v) is 2.70. The Morgan fingerprint density at radius 3 is 2.22 bits per heavy atom. The molecule has 0 aliphatic carbocycles. The van der Waals surface area contributed by atoms with E-state index >= 15 is 0 Å². The number of hydrogen-bond acceptors (Lipinski definition) is 1. The largest absolute Gasteiger partial charge is 0.416 e. The Kier molecular flexibility index (Phi) is 8.12. The summed E-state index contributed by atoms with van der Waals surface area (Å²) in [4.78, 5) is 0. The molecule has 0 fully saturated rings. The molecule has 0 amide bonds. The smallest absolute Gasteiger partial charge is 0.192 e. The Hall–Kier alpha value is -0.0831. The topological polar surface area (TPSA) is 9.23 Å². The lowest BCUT2D eigenvalue weighted by molar-refractivity contribution is 0.243. The van der Waals surface area contributed by atoms with E-state index in [1.807, 2.05) is 0 Å². The van der Waals surface area contributed by atoms with Gasteiger partial charge in [-0.3, -0.25) is 0 Å². The van der Waals surface area contributed by atoms with Gasteiger partial charge in [-0.2, -0.15) is 0 Å². The van der Waals surface area contributed by atoms with E-state index < -0.39 is 8.32 Å². The number of unbranched alkanes of at least 4 members (excludes halogenated alkanes) is 3. The van der Waals surface area contributed by atoms with Crippen LogP contribution in [-0.2, 0) is 4.43 Å². The molecule has 0 N–H and O–H groups in total. The van der Waals surface area contributed by atoms with Crippen molar-refractivity contribution >= 4 is 8.32 Å². The molecule has 0 rings (SSSR count). The quantitative estimate of drug-likeness (QED) is 0.293. The average Bonchev–Trinajstić information content (AvgIpc) is 2.26. The third-order valence-corrected chi connectivity index (χ3v) is 8.73. The van der Waals surface area contributed by atoms with Crippen LogP contribution in [0.15, 0.2) is 12.7 Å². The predicted octanol–water partition coefficient (Wildman–Crippen LogP) is 5.78. The second kappa shape index (κ2) is 8.16. The maximum atomic E-state index is 6.27. The van der Waals surface area contributed by atoms with Gasteiger partial charge in [0.1, 0.15) is 0 Å². The first-order valence-electron chi connectivity index (χ1n) is 7.51. The highest BCUT2D eigenvalue weighted by molar-refractivity contribution is 6.74. The van der Waals surface area contributed by atoms with Crippen LogP contribution < -0.4 is 0 Å². The zero-order valence-corrected chi connectivity index (χ0v) is 14.5. The molecule has 0 aromatic heterocycles. The summed E-state index contributed by atoms with van der Waals surface area (Å²) in [7, 11) is -1.59. The summed E-state index contributed by atoms with van der Waals surface area (Å²) in [5.41, 5.74) is 0. The third-order valence-electron chi connectivity index (χ3n) is 4.23. The molecule has 1 nitrogen and oxygen atoms in total. The molecule has 0 aromatic carbocycles. The monoisotopic (exact) mass is 270 g/mol. The van der Waals surface area contributed by atoms with Crippen molar-refractivity contribution in [3.05, 3.63) is 12.7 Å². The van der Waals surface area contributed by atoms with Crippen LogP contribution in [0, 0.1) is 5.92 Å². The number of rotatable bonds is 9. The van der Waals surface area contributed by atoms with Crippen LogP contribution in [-0.4, -0.2) is 14.9 Å². The second-order valence-electron chi connectivity index (χ2n) is 6.92. The Balaban J connectivity index is 4.04. The maximum Gasteiger partial charge on any atom is 0.192 e. The van der Waals surface area contributed by atoms with Crippen LogP contribution in [0.5, 0.6) is 0 Å². The van der Waals surface area contributed by atoms with Crippen molar-refractivity contribution in [2.45, 2.75) is 77.9 Å². The van der Waals surface area contributed by atoms with Crippen molar-refractivity contribution in [3.8, 4) is 0 Å². The highest BCUT2D eigenvalue weighted by Gasteiger charge is 2.37. The van der Waals surface area contributed by atoms with Crippen LogP contribution in [0.3, 0.4) is 0 Å². The van der Waals surface area contributed by atoms with Crippen molar-refractivity contribution in [1.29, 1.82) is 0 Å². The Morgan fingerprint density at radius 2 is 1.78 bits per heavy atom. The SMILES string of the molecule is C=C[C@@H](CCCCCC)CO[Si](C)(C)C(C)(C)C. The number of hydrogen-bond donors (Lipinski definition) is 0. The van der Waals surface area contributed by atoms with Gasteiger partial charge in [-0.25, -0.2) is 0 Å². The molecule has 0 radical (unpaired) electrons. The van der Waals surface area contributed by atoms with Crippen molar-refractivity contribution < 1.29 is 4.43 Å². The van der Waals surface area contributed by atoms with Crippen LogP contribution in [0.1, 0.15) is 59.8 Å². The van der Waals surface area contributed by atoms with E-state index in [9.17, 15) is 0 Å². The summed E-state index contributed by atoms with van der Waals surface area (Å²) in [6.45, 7) is 18.6. The molecular formula is C16H34OSi. The minimum Gasteiger partial charge on any atom is -0.416 e. The Labute approximate surface area is 116 Å². The first-order chi connectivity index (χ1) is 8.24. The van der Waals surface area contributed by atoms with Gasteiger partial charge in [0.2, 0.25) is 0 Å². The summed E-state index contributed by atoms with van der Waals surface area (Å²) in [5.74, 6) is 0.538. The van der Waals surface area contributed by atoms with Gasteiger partial charge in [0.15, 0.2) is 8.32 Å². The van der Waals surface area contributed by atoms with Gasteiger partial charge in [-0.15, -0.1) is 6.58 Å². The molecule has 0 aliphatic rings. The third kappa shape index (κ3) is 6.74. The molecule has 0 spiro atoms. The van der Waals surface area contributed by atoms with Crippen LogP contribution in [0.25, 0.3) is 0 Å². The van der Waals surface area contributed by atoms with E-state index in [0.29, 0.717) is 11.0 Å². The van der Waals surface area contributed by atoms with Gasteiger partial charge in [-0.1, -0.05) is 59.5 Å². The molecule has 2 heteroatoms. The second-order valence-corrected chi connectivity index (χ2v) is 11.7. The van der Waals surface area contributed by atoms with E-state index in [4.69, 9.17) is 4.43 Å². The molecular weight excluding hydrogens is 236 g/mol. The zero-order valence-electron chi connectivity index (χ0n) is 13.5. The van der Waals surface area contributed by atoms with Crippen LogP contribution >= 0.6 is 0 Å². The van der Waals surface area contributed by atoms with Gasteiger partial charge in [0, 0.05) is 6.61 Å². The van der Waals surface area contributed by atoms with Crippen molar-refractivity contribution in [2.75, 3.05) is 6.61 Å². The highest BCUT2D eigenvalue weighted by Crippen LogP contribution is 2.37. The molecule has 0 saturated heterocycles. The fraction of sp³-hybridized carbons (Fsp3) is 0.875. The van der Waals surface area contributed by atoms with Gasteiger partial charge in [0.05, 0.1) is 0 Å². The van der Waals surface area contributed by atoms with E-state index in [1.165, 1.54) is 32.1 Å². The lowest BCUT2D eigenvalue weighted by Gasteiger charge is -2.37. The molecule has 0 aliphatic heterocycles. The van der Waals surface area contributed by atoms with Gasteiger partial charge in [0.25, 0.3) is 0 Å². The van der Waals surface area contributed by atoms with Crippen LogP contribution in [0.4, 0.5) is 0 Å². The summed E-state index contributed by atoms with van der Waals surface area (Å²) >= 11 is 0. The molecule has 0 aromatic rings. The van der Waals surface area contributed by atoms with Crippen LogP contribution in [0.2, 0.25) is 18.1 Å². The zero-order chi connectivity index (χ0) is 14.2. The average molecular weight is 271 g/mol. The van der Waals surface area contributed by atoms with Crippen molar-refractivity contribution in [2.24, 2.45) is 5.92 Å². The minimum absolute atomic E-state index is 0.306. The van der Waals surface area contributed by atoms with E-state index in [2.05, 4.69) is 53.4 Å². The summed E-state index contributed by atoms with van der Waals surface area (Å²) in [6, 6.07) is 0. The van der Waals surface area contributed by atoms with E-state index in [1.54, 1.807) is 0 Å². The molecule has 108 valence electrons. The fourth-order valence-electron chi connectivity index (χ4n) is 1.63.